The largest absolute Gasteiger partial charge is 0.480 e. The monoisotopic (exact) mass is 284 g/mol. The maximum Gasteiger partial charge on any atom is 0.325 e. The van der Waals surface area contributed by atoms with Crippen LogP contribution in [-0.4, -0.2) is 44.4 Å². The van der Waals surface area contributed by atoms with Gasteiger partial charge < -0.3 is 15.7 Å². The Morgan fingerprint density at radius 3 is 2.89 bits per heavy atom. The van der Waals surface area contributed by atoms with Crippen molar-refractivity contribution in [2.75, 3.05) is 18.1 Å². The van der Waals surface area contributed by atoms with Crippen molar-refractivity contribution in [2.24, 2.45) is 0 Å². The summed E-state index contributed by atoms with van der Waals surface area (Å²) in [4.78, 5) is 22.1. The molecule has 1 saturated carbocycles. The molecule has 8 heteroatoms. The molecule has 2 rings (SSSR count). The molecule has 7 nitrogen and oxygen atoms in total. The number of nitrogens with zero attached hydrogens (tertiary/aromatic N) is 2. The Kier molecular flexibility index (Phi) is 3.98. The molecule has 0 unspecified atom stereocenters. The van der Waals surface area contributed by atoms with E-state index in [4.69, 9.17) is 5.11 Å². The minimum Gasteiger partial charge on any atom is -0.480 e. The fourth-order valence-electron chi connectivity index (χ4n) is 1.66. The van der Waals surface area contributed by atoms with Crippen molar-refractivity contribution in [1.82, 2.24) is 15.1 Å². The molecule has 0 spiro atoms. The van der Waals surface area contributed by atoms with Crippen LogP contribution in [0.5, 0.6) is 0 Å². The first kappa shape index (κ1) is 13.7. The lowest BCUT2D eigenvalue weighted by Gasteiger charge is -2.12. The molecular formula is C11H16N4O3S. The molecule has 0 bridgehead atoms. The average Bonchev–Trinajstić information content (AvgIpc) is 3.02. The van der Waals surface area contributed by atoms with E-state index in [9.17, 15) is 9.59 Å². The number of carbonyl (C=O) groups excluding carboxylic acids is 1. The van der Waals surface area contributed by atoms with E-state index < -0.39 is 5.97 Å². The summed E-state index contributed by atoms with van der Waals surface area (Å²) in [6.07, 6.45) is 7.21. The number of aliphatic carboxylic acids is 1. The summed E-state index contributed by atoms with van der Waals surface area (Å²) in [5.41, 5.74) is 0.479. The lowest BCUT2D eigenvalue weighted by atomic mass is 10.4. The smallest absolute Gasteiger partial charge is 0.325 e. The predicted octanol–water partition coefficient (Wildman–Crippen LogP) is 0.985. The fraction of sp³-hybridized carbons (Fsp3) is 0.545. The van der Waals surface area contributed by atoms with E-state index in [2.05, 4.69) is 15.7 Å². The Labute approximate surface area is 114 Å². The molecule has 1 fully saturated rings. The van der Waals surface area contributed by atoms with E-state index >= 15 is 0 Å². The van der Waals surface area contributed by atoms with Gasteiger partial charge in [-0.25, -0.2) is 4.79 Å². The number of nitrogens with one attached hydrogen (secondary N) is 2. The third-order valence-corrected chi connectivity index (χ3v) is 4.42. The molecule has 0 aliphatic heterocycles. The first-order valence-corrected chi connectivity index (χ1v) is 7.10. The van der Waals surface area contributed by atoms with E-state index in [1.54, 1.807) is 11.8 Å². The minimum atomic E-state index is -0.977. The number of thioether (sulfide) groups is 1. The van der Waals surface area contributed by atoms with Gasteiger partial charge in [-0.1, -0.05) is 0 Å². The maximum atomic E-state index is 11.6. The molecular weight excluding hydrogens is 268 g/mol. The number of aromatic nitrogens is 2. The summed E-state index contributed by atoms with van der Waals surface area (Å²) in [7, 11) is 0. The zero-order valence-corrected chi connectivity index (χ0v) is 11.4. The number of hydrogen-bond acceptors (Lipinski definition) is 4. The van der Waals surface area contributed by atoms with Crippen LogP contribution in [0.4, 0.5) is 10.5 Å². The van der Waals surface area contributed by atoms with E-state index in [1.807, 2.05) is 6.26 Å². The van der Waals surface area contributed by atoms with Crippen molar-refractivity contribution in [3.05, 3.63) is 12.4 Å². The summed E-state index contributed by atoms with van der Waals surface area (Å²) in [5, 5.41) is 17.9. The van der Waals surface area contributed by atoms with Crippen LogP contribution in [-0.2, 0) is 11.3 Å². The van der Waals surface area contributed by atoms with Crippen LogP contribution >= 0.6 is 11.8 Å². The Morgan fingerprint density at radius 1 is 1.58 bits per heavy atom. The van der Waals surface area contributed by atoms with Gasteiger partial charge in [-0.2, -0.15) is 16.9 Å². The second-order valence-electron chi connectivity index (χ2n) is 4.52. The van der Waals surface area contributed by atoms with Gasteiger partial charge in [0.25, 0.3) is 0 Å². The second kappa shape index (κ2) is 5.52. The quantitative estimate of drug-likeness (QED) is 0.723. The van der Waals surface area contributed by atoms with Crippen molar-refractivity contribution < 1.29 is 14.7 Å². The number of carboxylic acid groups (broad SMARTS) is 1. The minimum absolute atomic E-state index is 0.213. The molecule has 1 aromatic heterocycles. The second-order valence-corrected chi connectivity index (χ2v) is 5.79. The summed E-state index contributed by atoms with van der Waals surface area (Å²) in [6.45, 7) is 0.419. The number of anilines is 1. The van der Waals surface area contributed by atoms with Crippen molar-refractivity contribution in [3.63, 3.8) is 0 Å². The predicted molar refractivity (Wildman–Crippen MR) is 72.4 cm³/mol. The molecule has 1 heterocycles. The van der Waals surface area contributed by atoms with Gasteiger partial charge >= 0.3 is 12.0 Å². The molecule has 0 saturated heterocycles. The molecule has 0 atom stereocenters. The highest BCUT2D eigenvalue weighted by Gasteiger charge is 2.41. The van der Waals surface area contributed by atoms with Crippen LogP contribution in [0.3, 0.4) is 0 Å². The standard InChI is InChI=1S/C11H16N4O3S/c1-19-11(2-3-11)7-12-10(18)14-8-4-13-15(5-8)6-9(16)17/h4-5H,2-3,6-7H2,1H3,(H,16,17)(H2,12,14,18). The van der Waals surface area contributed by atoms with Gasteiger partial charge in [-0.15, -0.1) is 0 Å². The van der Waals surface area contributed by atoms with Gasteiger partial charge in [0.15, 0.2) is 0 Å². The van der Waals surface area contributed by atoms with E-state index in [0.29, 0.717) is 12.2 Å². The number of urea groups is 1. The Bertz CT molecular complexity index is 484. The van der Waals surface area contributed by atoms with Gasteiger partial charge in [-0.05, 0) is 19.1 Å². The maximum absolute atomic E-state index is 11.6. The third kappa shape index (κ3) is 3.88. The van der Waals surface area contributed by atoms with Crippen LogP contribution in [0.2, 0.25) is 0 Å². The number of hydrogen-bond donors (Lipinski definition) is 3. The molecule has 104 valence electrons. The van der Waals surface area contributed by atoms with Crippen LogP contribution in [0.15, 0.2) is 12.4 Å². The van der Waals surface area contributed by atoms with E-state index in [-0.39, 0.29) is 17.3 Å². The van der Waals surface area contributed by atoms with Gasteiger partial charge in [-0.3, -0.25) is 9.48 Å². The first-order chi connectivity index (χ1) is 9.03. The van der Waals surface area contributed by atoms with Gasteiger partial charge in [0, 0.05) is 17.5 Å². The highest BCUT2D eigenvalue weighted by atomic mass is 32.2. The zero-order valence-electron chi connectivity index (χ0n) is 10.5. The molecule has 1 aliphatic carbocycles. The molecule has 0 aromatic carbocycles. The fourth-order valence-corrected chi connectivity index (χ4v) is 2.39. The zero-order chi connectivity index (χ0) is 13.9. The highest BCUT2D eigenvalue weighted by Crippen LogP contribution is 2.46. The topological polar surface area (TPSA) is 96.3 Å². The van der Waals surface area contributed by atoms with Gasteiger partial charge in [0.2, 0.25) is 0 Å². The molecule has 19 heavy (non-hydrogen) atoms. The normalized spacial score (nSPS) is 15.8. The molecule has 2 amide bonds. The summed E-state index contributed by atoms with van der Waals surface area (Å²) < 4.78 is 1.47. The van der Waals surface area contributed by atoms with Crippen molar-refractivity contribution in [3.8, 4) is 0 Å². The molecule has 1 aromatic rings. The molecule has 3 N–H and O–H groups in total. The highest BCUT2D eigenvalue weighted by molar-refractivity contribution is 8.00. The van der Waals surface area contributed by atoms with Crippen molar-refractivity contribution in [1.29, 1.82) is 0 Å². The summed E-state index contributed by atoms with van der Waals surface area (Å²) >= 11 is 1.77. The lowest BCUT2D eigenvalue weighted by molar-refractivity contribution is -0.137. The van der Waals surface area contributed by atoms with Crippen molar-refractivity contribution in [2.45, 2.75) is 24.1 Å². The Balaban J connectivity index is 1.78. The van der Waals surface area contributed by atoms with Gasteiger partial charge in [0.05, 0.1) is 11.9 Å². The van der Waals surface area contributed by atoms with E-state index in [1.165, 1.54) is 17.1 Å². The average molecular weight is 284 g/mol. The van der Waals surface area contributed by atoms with Crippen LogP contribution in [0, 0.1) is 0 Å². The van der Waals surface area contributed by atoms with Gasteiger partial charge in [0.1, 0.15) is 6.54 Å². The Hall–Kier alpha value is -1.70. The third-order valence-electron chi connectivity index (χ3n) is 3.00. The lowest BCUT2D eigenvalue weighted by Crippen LogP contribution is -2.34. The first-order valence-electron chi connectivity index (χ1n) is 5.87. The molecule has 0 radical (unpaired) electrons. The number of carbonyl (C=O) groups is 2. The Morgan fingerprint density at radius 2 is 2.32 bits per heavy atom. The SMILES string of the molecule is CSC1(CNC(=O)Nc2cnn(CC(=O)O)c2)CC1. The molecule has 1 aliphatic rings. The summed E-state index contributed by atoms with van der Waals surface area (Å²) in [5.74, 6) is -0.977. The summed E-state index contributed by atoms with van der Waals surface area (Å²) in [6, 6.07) is -0.296. The van der Waals surface area contributed by atoms with Crippen LogP contribution in [0.1, 0.15) is 12.8 Å². The van der Waals surface area contributed by atoms with E-state index in [0.717, 1.165) is 12.8 Å². The van der Waals surface area contributed by atoms with Crippen LogP contribution < -0.4 is 10.6 Å². The number of carboxylic acids is 1. The van der Waals surface area contributed by atoms with Crippen LogP contribution in [0.25, 0.3) is 0 Å². The number of amides is 2. The number of rotatable bonds is 6. The van der Waals surface area contributed by atoms with Crippen molar-refractivity contribution >= 4 is 29.4 Å².